The van der Waals surface area contributed by atoms with Gasteiger partial charge in [0.2, 0.25) is 0 Å². The van der Waals surface area contributed by atoms with Gasteiger partial charge in [0, 0.05) is 6.54 Å². The number of carbonyl (C=O) groups excluding carboxylic acids is 1. The number of esters is 1. The Morgan fingerprint density at radius 3 is 2.58 bits per heavy atom. The number of carbonyl (C=O) groups is 1. The van der Waals surface area contributed by atoms with E-state index in [0.717, 1.165) is 10.9 Å². The zero-order valence-corrected chi connectivity index (χ0v) is 18.4. The van der Waals surface area contributed by atoms with Gasteiger partial charge >= 0.3 is 12.1 Å². The van der Waals surface area contributed by atoms with E-state index < -0.39 is 23.3 Å². The van der Waals surface area contributed by atoms with E-state index >= 15 is 0 Å². The number of benzene rings is 1. The molecule has 0 bridgehead atoms. The maximum atomic E-state index is 14.0. The first-order valence-corrected chi connectivity index (χ1v) is 10.5. The quantitative estimate of drug-likeness (QED) is 0.413. The summed E-state index contributed by atoms with van der Waals surface area (Å²) < 4.78 is 57.8. The van der Waals surface area contributed by atoms with Crippen LogP contribution in [0.25, 0.3) is 0 Å². The summed E-state index contributed by atoms with van der Waals surface area (Å²) in [6, 6.07) is 6.29. The molecule has 2 aromatic rings. The summed E-state index contributed by atoms with van der Waals surface area (Å²) in [5.41, 5.74) is -2.08. The number of ether oxygens (including phenoxy) is 3. The molecule has 1 aromatic carbocycles. The van der Waals surface area contributed by atoms with E-state index in [-0.39, 0.29) is 37.9 Å². The molecule has 0 amide bonds. The minimum Gasteiger partial charge on any atom is -0.497 e. The van der Waals surface area contributed by atoms with Crippen LogP contribution in [-0.2, 0) is 27.0 Å². The highest BCUT2D eigenvalue weighted by Crippen LogP contribution is 2.36. The van der Waals surface area contributed by atoms with Gasteiger partial charge in [0.1, 0.15) is 11.3 Å². The number of rotatable bonds is 9. The van der Waals surface area contributed by atoms with E-state index in [0.29, 0.717) is 30.7 Å². The summed E-state index contributed by atoms with van der Waals surface area (Å²) in [6.45, 7) is 0.470. The number of aromatic nitrogens is 2. The lowest BCUT2D eigenvalue weighted by atomic mass is 10.1. The SMILES string of the molecule is COC(=O)CCOC[C@@H]1CCCN1c1cnn(Cc2ccc(OC)cc2)c(=O)c1C(F)(F)F. The van der Waals surface area contributed by atoms with Gasteiger partial charge in [0.15, 0.2) is 0 Å². The predicted octanol–water partition coefficient (Wildman–Crippen LogP) is 2.87. The number of alkyl halides is 3. The van der Waals surface area contributed by atoms with Crippen molar-refractivity contribution in [3.05, 3.63) is 51.9 Å². The van der Waals surface area contributed by atoms with E-state index in [9.17, 15) is 22.8 Å². The lowest BCUT2D eigenvalue weighted by Crippen LogP contribution is -2.39. The van der Waals surface area contributed by atoms with Crippen LogP contribution in [0.3, 0.4) is 0 Å². The summed E-state index contributed by atoms with van der Waals surface area (Å²) in [6.07, 6.45) is -2.45. The molecule has 0 spiro atoms. The van der Waals surface area contributed by atoms with Crippen molar-refractivity contribution >= 4 is 11.7 Å². The molecule has 1 aromatic heterocycles. The molecule has 1 aliphatic rings. The van der Waals surface area contributed by atoms with Crippen molar-refractivity contribution in [3.63, 3.8) is 0 Å². The van der Waals surface area contributed by atoms with E-state index in [1.165, 1.54) is 19.1 Å². The normalized spacial score (nSPS) is 16.2. The third kappa shape index (κ3) is 6.04. The van der Waals surface area contributed by atoms with Crippen molar-refractivity contribution in [2.75, 3.05) is 38.9 Å². The van der Waals surface area contributed by atoms with Gasteiger partial charge in [0.25, 0.3) is 5.56 Å². The van der Waals surface area contributed by atoms with Crippen molar-refractivity contribution in [1.82, 2.24) is 9.78 Å². The second-order valence-corrected chi connectivity index (χ2v) is 7.60. The highest BCUT2D eigenvalue weighted by molar-refractivity contribution is 5.69. The maximum absolute atomic E-state index is 14.0. The van der Waals surface area contributed by atoms with E-state index in [1.54, 1.807) is 24.3 Å². The Morgan fingerprint density at radius 1 is 1.21 bits per heavy atom. The summed E-state index contributed by atoms with van der Waals surface area (Å²) >= 11 is 0. The molecule has 1 atom stereocenters. The molecule has 2 heterocycles. The second-order valence-electron chi connectivity index (χ2n) is 7.60. The van der Waals surface area contributed by atoms with Crippen molar-refractivity contribution in [2.45, 2.75) is 38.0 Å². The van der Waals surface area contributed by atoms with Gasteiger partial charge in [-0.15, -0.1) is 0 Å². The van der Waals surface area contributed by atoms with Gasteiger partial charge in [-0.1, -0.05) is 12.1 Å². The van der Waals surface area contributed by atoms with Crippen molar-refractivity contribution < 1.29 is 32.2 Å². The van der Waals surface area contributed by atoms with Crippen LogP contribution in [0.15, 0.2) is 35.3 Å². The average Bonchev–Trinajstić information content (AvgIpc) is 3.25. The monoisotopic (exact) mass is 469 g/mol. The Balaban J connectivity index is 1.83. The zero-order chi connectivity index (χ0) is 24.0. The number of methoxy groups -OCH3 is 2. The molecular weight excluding hydrogens is 443 g/mol. The van der Waals surface area contributed by atoms with Gasteiger partial charge in [-0.25, -0.2) is 4.68 Å². The van der Waals surface area contributed by atoms with Crippen LogP contribution in [0, 0.1) is 0 Å². The molecular formula is C22H26F3N3O5. The lowest BCUT2D eigenvalue weighted by Gasteiger charge is -2.29. The van der Waals surface area contributed by atoms with Gasteiger partial charge < -0.3 is 19.1 Å². The summed E-state index contributed by atoms with van der Waals surface area (Å²) in [5.74, 6) is 0.168. The minimum atomic E-state index is -4.85. The first-order chi connectivity index (χ1) is 15.7. The third-order valence-corrected chi connectivity index (χ3v) is 5.47. The first-order valence-electron chi connectivity index (χ1n) is 10.5. The number of hydrogen-bond acceptors (Lipinski definition) is 7. The molecule has 180 valence electrons. The third-order valence-electron chi connectivity index (χ3n) is 5.47. The number of halogens is 3. The molecule has 8 nitrogen and oxygen atoms in total. The average molecular weight is 469 g/mol. The van der Waals surface area contributed by atoms with Crippen LogP contribution in [0.1, 0.15) is 30.4 Å². The zero-order valence-electron chi connectivity index (χ0n) is 18.4. The van der Waals surface area contributed by atoms with Gasteiger partial charge in [0.05, 0.1) is 58.3 Å². The van der Waals surface area contributed by atoms with Gasteiger partial charge in [-0.05, 0) is 30.5 Å². The fourth-order valence-corrected chi connectivity index (χ4v) is 3.78. The second kappa shape index (κ2) is 10.7. The highest BCUT2D eigenvalue weighted by atomic mass is 19.4. The highest BCUT2D eigenvalue weighted by Gasteiger charge is 2.41. The Bertz CT molecular complexity index is 1010. The van der Waals surface area contributed by atoms with E-state index in [1.807, 2.05) is 0 Å². The standard InChI is InChI=1S/C22H26F3N3O5/c1-31-17-7-5-15(6-8-17)13-28-21(30)20(22(23,24)25)18(12-26-28)27-10-3-4-16(27)14-33-11-9-19(29)32-2/h5-8,12,16H,3-4,9-11,13-14H2,1-2H3/t16-/m0/s1. The molecule has 1 fully saturated rings. The molecule has 1 saturated heterocycles. The largest absolute Gasteiger partial charge is 0.497 e. The fourth-order valence-electron chi connectivity index (χ4n) is 3.78. The summed E-state index contributed by atoms with van der Waals surface area (Å²) in [4.78, 5) is 25.6. The van der Waals surface area contributed by atoms with Crippen LogP contribution in [0.4, 0.5) is 18.9 Å². The van der Waals surface area contributed by atoms with Crippen LogP contribution in [0.2, 0.25) is 0 Å². The van der Waals surface area contributed by atoms with Crippen molar-refractivity contribution in [2.24, 2.45) is 0 Å². The van der Waals surface area contributed by atoms with Gasteiger partial charge in [-0.3, -0.25) is 9.59 Å². The molecule has 0 unspecified atom stereocenters. The number of hydrogen-bond donors (Lipinski definition) is 0. The Labute approximate surface area is 188 Å². The van der Waals surface area contributed by atoms with Crippen LogP contribution >= 0.6 is 0 Å². The lowest BCUT2D eigenvalue weighted by molar-refractivity contribution is -0.142. The van der Waals surface area contributed by atoms with Crippen LogP contribution < -0.4 is 15.2 Å². The Hall–Kier alpha value is -3.08. The van der Waals surface area contributed by atoms with Crippen molar-refractivity contribution in [3.8, 4) is 5.75 Å². The number of nitrogens with zero attached hydrogens (tertiary/aromatic N) is 3. The van der Waals surface area contributed by atoms with Crippen LogP contribution in [-0.4, -0.2) is 55.8 Å². The minimum absolute atomic E-state index is 0.0555. The fraction of sp³-hybridized carbons (Fsp3) is 0.500. The Morgan fingerprint density at radius 2 is 1.94 bits per heavy atom. The van der Waals surface area contributed by atoms with E-state index in [4.69, 9.17) is 9.47 Å². The van der Waals surface area contributed by atoms with Crippen LogP contribution in [0.5, 0.6) is 5.75 Å². The smallest absolute Gasteiger partial charge is 0.423 e. The summed E-state index contributed by atoms with van der Waals surface area (Å²) in [7, 11) is 2.77. The molecule has 1 aliphatic heterocycles. The topological polar surface area (TPSA) is 82.9 Å². The predicted molar refractivity (Wildman–Crippen MR) is 113 cm³/mol. The maximum Gasteiger partial charge on any atom is 0.423 e. The first kappa shape index (κ1) is 24.6. The molecule has 33 heavy (non-hydrogen) atoms. The summed E-state index contributed by atoms with van der Waals surface area (Å²) in [5, 5.41) is 4.03. The molecule has 0 saturated carbocycles. The number of anilines is 1. The molecule has 0 aliphatic carbocycles. The molecule has 3 rings (SSSR count). The molecule has 0 radical (unpaired) electrons. The van der Waals surface area contributed by atoms with Gasteiger partial charge in [-0.2, -0.15) is 18.3 Å². The van der Waals surface area contributed by atoms with E-state index in [2.05, 4.69) is 9.84 Å². The molecule has 11 heteroatoms. The Kier molecular flexibility index (Phi) is 7.96. The molecule has 0 N–H and O–H groups in total. The van der Waals surface area contributed by atoms with Crippen molar-refractivity contribution in [1.29, 1.82) is 0 Å².